The maximum absolute atomic E-state index is 11.2. The number of halogens is 2. The van der Waals surface area contributed by atoms with Crippen molar-refractivity contribution >= 4 is 37.6 Å². The van der Waals surface area contributed by atoms with Gasteiger partial charge in [-0.1, -0.05) is 50.1 Å². The molecule has 0 saturated carbocycles. The van der Waals surface area contributed by atoms with E-state index in [1.165, 1.54) is 5.56 Å². The Morgan fingerprint density at radius 1 is 1.50 bits per heavy atom. The second-order valence-corrected chi connectivity index (χ2v) is 4.77. The normalized spacial score (nSPS) is 12.6. The van der Waals surface area contributed by atoms with Gasteiger partial charge in [-0.15, -0.1) is 0 Å². The van der Waals surface area contributed by atoms with Crippen molar-refractivity contribution in [2.75, 3.05) is 0 Å². The van der Waals surface area contributed by atoms with E-state index in [1.807, 2.05) is 13.0 Å². The molecule has 3 heteroatoms. The molecule has 76 valence electrons. The molecule has 0 N–H and O–H groups in total. The molecule has 1 atom stereocenters. The molecule has 0 aliphatic carbocycles. The van der Waals surface area contributed by atoms with Gasteiger partial charge in [0.15, 0.2) is 0 Å². The number of hydrogen-bond acceptors (Lipinski definition) is 1. The van der Waals surface area contributed by atoms with Crippen molar-refractivity contribution in [2.45, 2.75) is 24.0 Å². The highest BCUT2D eigenvalue weighted by molar-refractivity contribution is 9.09. The minimum atomic E-state index is -0.179. The molecule has 0 fully saturated rings. The third-order valence-corrected chi connectivity index (χ3v) is 3.91. The lowest BCUT2D eigenvalue weighted by molar-refractivity contribution is -0.116. The average Bonchev–Trinajstić information content (AvgIpc) is 2.17. The third-order valence-electron chi connectivity index (χ3n) is 2.13. The lowest BCUT2D eigenvalue weighted by atomic mass is 10.0. The van der Waals surface area contributed by atoms with Gasteiger partial charge < -0.3 is 0 Å². The van der Waals surface area contributed by atoms with Gasteiger partial charge in [0.2, 0.25) is 0 Å². The minimum absolute atomic E-state index is 0.139. The van der Waals surface area contributed by atoms with Crippen LogP contribution in [0.4, 0.5) is 0 Å². The zero-order valence-electron chi connectivity index (χ0n) is 8.18. The van der Waals surface area contributed by atoms with Crippen molar-refractivity contribution in [3.05, 3.63) is 34.9 Å². The van der Waals surface area contributed by atoms with Crippen molar-refractivity contribution < 1.29 is 4.79 Å². The van der Waals surface area contributed by atoms with Gasteiger partial charge in [-0.2, -0.15) is 0 Å². The summed E-state index contributed by atoms with van der Waals surface area (Å²) in [5.74, 6) is 0.139. The molecule has 0 aromatic heterocycles. The van der Waals surface area contributed by atoms with Gasteiger partial charge in [0.25, 0.3) is 0 Å². The first-order valence-corrected chi connectivity index (χ1v) is 6.40. The first-order valence-electron chi connectivity index (χ1n) is 4.36. The Labute approximate surface area is 101 Å². The first-order chi connectivity index (χ1) is 6.56. The van der Waals surface area contributed by atoms with E-state index in [4.69, 9.17) is 0 Å². The van der Waals surface area contributed by atoms with Crippen LogP contribution in [0, 0.1) is 6.92 Å². The van der Waals surface area contributed by atoms with Gasteiger partial charge in [0.05, 0.1) is 4.83 Å². The lowest BCUT2D eigenvalue weighted by Crippen LogP contribution is -2.03. The minimum Gasteiger partial charge on any atom is -0.298 e. The van der Waals surface area contributed by atoms with E-state index in [1.54, 1.807) is 6.92 Å². The standard InChI is InChI=1S/C11H12Br2O/c1-7-3-4-9(6-12)5-10(7)11(13)8(2)14/h3-5,11H,6H2,1-2H3. The van der Waals surface area contributed by atoms with Gasteiger partial charge in [0, 0.05) is 5.33 Å². The summed E-state index contributed by atoms with van der Waals surface area (Å²) in [6.07, 6.45) is 0. The summed E-state index contributed by atoms with van der Waals surface area (Å²) in [5, 5.41) is 0.817. The third kappa shape index (κ3) is 2.67. The van der Waals surface area contributed by atoms with Gasteiger partial charge >= 0.3 is 0 Å². The van der Waals surface area contributed by atoms with E-state index in [2.05, 4.69) is 44.0 Å². The number of ketones is 1. The fraction of sp³-hybridized carbons (Fsp3) is 0.364. The van der Waals surface area contributed by atoms with Crippen molar-refractivity contribution in [1.29, 1.82) is 0 Å². The van der Waals surface area contributed by atoms with Crippen LogP contribution < -0.4 is 0 Å². The summed E-state index contributed by atoms with van der Waals surface area (Å²) in [4.78, 5) is 11.1. The molecule has 0 spiro atoms. The quantitative estimate of drug-likeness (QED) is 0.772. The maximum Gasteiger partial charge on any atom is 0.147 e. The predicted molar refractivity (Wildman–Crippen MR) is 66.2 cm³/mol. The van der Waals surface area contributed by atoms with Crippen LogP contribution in [0.5, 0.6) is 0 Å². The van der Waals surface area contributed by atoms with Crippen LogP contribution >= 0.6 is 31.9 Å². The Hall–Kier alpha value is -0.150. The van der Waals surface area contributed by atoms with E-state index in [9.17, 15) is 4.79 Å². The summed E-state index contributed by atoms with van der Waals surface area (Å²) in [7, 11) is 0. The first kappa shape index (κ1) is 11.9. The molecule has 0 radical (unpaired) electrons. The molecule has 1 aromatic carbocycles. The van der Waals surface area contributed by atoms with Crippen LogP contribution in [0.25, 0.3) is 0 Å². The molecule has 0 aliphatic heterocycles. The smallest absolute Gasteiger partial charge is 0.147 e. The van der Waals surface area contributed by atoms with E-state index in [0.717, 1.165) is 16.5 Å². The Kier molecular flexibility index (Phi) is 4.32. The van der Waals surface area contributed by atoms with Crippen molar-refractivity contribution in [3.8, 4) is 0 Å². The van der Waals surface area contributed by atoms with Gasteiger partial charge in [-0.25, -0.2) is 0 Å². The second kappa shape index (κ2) is 5.08. The highest BCUT2D eigenvalue weighted by atomic mass is 79.9. The maximum atomic E-state index is 11.2. The van der Waals surface area contributed by atoms with E-state index in [0.29, 0.717) is 0 Å². The largest absolute Gasteiger partial charge is 0.298 e. The van der Waals surface area contributed by atoms with Crippen molar-refractivity contribution in [3.63, 3.8) is 0 Å². The predicted octanol–water partition coefficient (Wildman–Crippen LogP) is 3.91. The number of hydrogen-bond donors (Lipinski definition) is 0. The Balaban J connectivity index is 3.11. The summed E-state index contributed by atoms with van der Waals surface area (Å²) in [6.45, 7) is 3.62. The topological polar surface area (TPSA) is 17.1 Å². The van der Waals surface area contributed by atoms with Gasteiger partial charge in [-0.3, -0.25) is 4.79 Å². The number of benzene rings is 1. The fourth-order valence-electron chi connectivity index (χ4n) is 1.27. The molecule has 0 bridgehead atoms. The van der Waals surface area contributed by atoms with Crippen LogP contribution in [0.15, 0.2) is 18.2 Å². The Morgan fingerprint density at radius 3 is 2.64 bits per heavy atom. The average molecular weight is 320 g/mol. The van der Waals surface area contributed by atoms with E-state index >= 15 is 0 Å². The highest BCUT2D eigenvalue weighted by Crippen LogP contribution is 2.28. The molecule has 0 heterocycles. The van der Waals surface area contributed by atoms with Crippen LogP contribution in [-0.4, -0.2) is 5.78 Å². The van der Waals surface area contributed by atoms with E-state index in [-0.39, 0.29) is 10.6 Å². The number of alkyl halides is 2. The van der Waals surface area contributed by atoms with Crippen LogP contribution in [0.2, 0.25) is 0 Å². The SMILES string of the molecule is CC(=O)C(Br)c1cc(CBr)ccc1C. The number of rotatable bonds is 3. The molecular formula is C11H12Br2O. The fourth-order valence-corrected chi connectivity index (χ4v) is 2.11. The number of carbonyl (C=O) groups excluding carboxylic acids is 1. The highest BCUT2D eigenvalue weighted by Gasteiger charge is 2.14. The van der Waals surface area contributed by atoms with Crippen LogP contribution in [-0.2, 0) is 10.1 Å². The second-order valence-electron chi connectivity index (χ2n) is 3.30. The Bertz CT molecular complexity index is 347. The Morgan fingerprint density at radius 2 is 2.14 bits per heavy atom. The van der Waals surface area contributed by atoms with E-state index < -0.39 is 0 Å². The molecule has 1 nitrogen and oxygen atoms in total. The zero-order valence-corrected chi connectivity index (χ0v) is 11.4. The monoisotopic (exact) mass is 318 g/mol. The van der Waals surface area contributed by atoms with Gasteiger partial charge in [0.1, 0.15) is 5.78 Å². The zero-order chi connectivity index (χ0) is 10.7. The number of aryl methyl sites for hydroxylation is 1. The molecular weight excluding hydrogens is 308 g/mol. The van der Waals surface area contributed by atoms with Crippen molar-refractivity contribution in [1.82, 2.24) is 0 Å². The van der Waals surface area contributed by atoms with Gasteiger partial charge in [-0.05, 0) is 30.5 Å². The van der Waals surface area contributed by atoms with Crippen molar-refractivity contribution in [2.24, 2.45) is 0 Å². The molecule has 0 amide bonds. The summed E-state index contributed by atoms with van der Waals surface area (Å²) >= 11 is 6.80. The summed E-state index contributed by atoms with van der Waals surface area (Å²) in [5.41, 5.74) is 3.40. The molecule has 1 aromatic rings. The summed E-state index contributed by atoms with van der Waals surface area (Å²) in [6, 6.07) is 6.17. The molecule has 0 aliphatic rings. The lowest BCUT2D eigenvalue weighted by Gasteiger charge is -2.11. The van der Waals surface area contributed by atoms with Crippen LogP contribution in [0.3, 0.4) is 0 Å². The number of carbonyl (C=O) groups is 1. The molecule has 1 rings (SSSR count). The summed E-state index contributed by atoms with van der Waals surface area (Å²) < 4.78 is 0. The molecule has 0 saturated heterocycles. The molecule has 1 unspecified atom stereocenters. The molecule has 14 heavy (non-hydrogen) atoms. The van der Waals surface area contributed by atoms with Crippen LogP contribution in [0.1, 0.15) is 28.4 Å². The number of Topliss-reactive ketones (excluding diaryl/α,β-unsaturated/α-hetero) is 1.